The molecular formula is C21H25NO2. The minimum absolute atomic E-state index is 0.493. The molecular weight excluding hydrogens is 298 g/mol. The van der Waals surface area contributed by atoms with E-state index in [9.17, 15) is 0 Å². The van der Waals surface area contributed by atoms with Gasteiger partial charge in [0.2, 0.25) is 0 Å². The van der Waals surface area contributed by atoms with Gasteiger partial charge in [0.25, 0.3) is 0 Å². The number of fused-ring (bicyclic) bond motifs is 3. The molecule has 126 valence electrons. The van der Waals surface area contributed by atoms with Crippen LogP contribution in [-0.4, -0.2) is 32.2 Å². The minimum Gasteiger partial charge on any atom is -0.493 e. The molecule has 0 bridgehead atoms. The Hall–Kier alpha value is -2.00. The zero-order valence-corrected chi connectivity index (χ0v) is 14.5. The molecule has 2 aromatic rings. The summed E-state index contributed by atoms with van der Waals surface area (Å²) in [7, 11) is 3.43. The number of methoxy groups -OCH3 is 2. The summed E-state index contributed by atoms with van der Waals surface area (Å²) in [5, 5.41) is 0. The lowest BCUT2D eigenvalue weighted by Gasteiger charge is -2.43. The summed E-state index contributed by atoms with van der Waals surface area (Å²) in [5.41, 5.74) is 4.33. The van der Waals surface area contributed by atoms with E-state index in [-0.39, 0.29) is 0 Å². The summed E-state index contributed by atoms with van der Waals surface area (Å²) in [5.74, 6) is 2.34. The molecule has 0 N–H and O–H groups in total. The monoisotopic (exact) mass is 323 g/mol. The van der Waals surface area contributed by atoms with Gasteiger partial charge >= 0.3 is 0 Å². The quantitative estimate of drug-likeness (QED) is 0.846. The number of piperidine rings is 1. The SMILES string of the molecule is COc1cc2c(cc1OC)[C@@H]1C[C@H](c3ccccc3)CCN1CC2. The second-order valence-corrected chi connectivity index (χ2v) is 6.84. The number of hydrogen-bond donors (Lipinski definition) is 0. The van der Waals surface area contributed by atoms with Gasteiger partial charge in [0.15, 0.2) is 11.5 Å². The van der Waals surface area contributed by atoms with E-state index >= 15 is 0 Å². The maximum atomic E-state index is 5.55. The molecule has 0 aliphatic carbocycles. The molecule has 0 spiro atoms. The van der Waals surface area contributed by atoms with Crippen LogP contribution in [0.25, 0.3) is 0 Å². The van der Waals surface area contributed by atoms with E-state index in [0.717, 1.165) is 24.5 Å². The van der Waals surface area contributed by atoms with Crippen LogP contribution in [0.1, 0.15) is 41.5 Å². The first kappa shape index (κ1) is 15.5. The van der Waals surface area contributed by atoms with Gasteiger partial charge in [-0.2, -0.15) is 0 Å². The van der Waals surface area contributed by atoms with E-state index in [2.05, 4.69) is 47.4 Å². The van der Waals surface area contributed by atoms with Crippen LogP contribution in [0.3, 0.4) is 0 Å². The first-order valence-corrected chi connectivity index (χ1v) is 8.84. The first-order valence-electron chi connectivity index (χ1n) is 8.84. The fourth-order valence-electron chi connectivity index (χ4n) is 4.36. The molecule has 0 amide bonds. The predicted octanol–water partition coefficient (Wildman–Crippen LogP) is 4.18. The summed E-state index contributed by atoms with van der Waals surface area (Å²) in [6.07, 6.45) is 3.54. The molecule has 0 unspecified atom stereocenters. The second-order valence-electron chi connectivity index (χ2n) is 6.84. The molecule has 2 aliphatic rings. The molecule has 3 heteroatoms. The predicted molar refractivity (Wildman–Crippen MR) is 96.0 cm³/mol. The van der Waals surface area contributed by atoms with E-state index in [1.807, 2.05) is 0 Å². The summed E-state index contributed by atoms with van der Waals surface area (Å²) in [6, 6.07) is 15.8. The topological polar surface area (TPSA) is 21.7 Å². The minimum atomic E-state index is 0.493. The van der Waals surface area contributed by atoms with Crippen molar-refractivity contribution in [2.75, 3.05) is 27.3 Å². The summed E-state index contributed by atoms with van der Waals surface area (Å²) in [4.78, 5) is 2.65. The fourth-order valence-corrected chi connectivity index (χ4v) is 4.36. The van der Waals surface area contributed by atoms with Crippen molar-refractivity contribution in [3.63, 3.8) is 0 Å². The van der Waals surface area contributed by atoms with Crippen LogP contribution >= 0.6 is 0 Å². The zero-order chi connectivity index (χ0) is 16.5. The third-order valence-electron chi connectivity index (χ3n) is 5.66. The van der Waals surface area contributed by atoms with Crippen molar-refractivity contribution in [2.45, 2.75) is 31.2 Å². The Bertz CT molecular complexity index is 713. The number of hydrogen-bond acceptors (Lipinski definition) is 3. The third kappa shape index (κ3) is 2.67. The summed E-state index contributed by atoms with van der Waals surface area (Å²) >= 11 is 0. The lowest BCUT2D eigenvalue weighted by atomic mass is 9.79. The zero-order valence-electron chi connectivity index (χ0n) is 14.5. The maximum absolute atomic E-state index is 5.55. The second kappa shape index (κ2) is 6.48. The molecule has 1 fully saturated rings. The highest BCUT2D eigenvalue weighted by molar-refractivity contribution is 5.49. The van der Waals surface area contributed by atoms with Gasteiger partial charge in [-0.3, -0.25) is 4.90 Å². The summed E-state index contributed by atoms with van der Waals surface area (Å²) < 4.78 is 11.0. The van der Waals surface area contributed by atoms with Crippen LogP contribution in [0.2, 0.25) is 0 Å². The number of benzene rings is 2. The van der Waals surface area contributed by atoms with Crippen LogP contribution in [0.15, 0.2) is 42.5 Å². The van der Waals surface area contributed by atoms with Gasteiger partial charge in [0.1, 0.15) is 0 Å². The van der Waals surface area contributed by atoms with Crippen molar-refractivity contribution in [1.29, 1.82) is 0 Å². The van der Waals surface area contributed by atoms with Gasteiger partial charge in [0, 0.05) is 12.6 Å². The molecule has 24 heavy (non-hydrogen) atoms. The van der Waals surface area contributed by atoms with Crippen LogP contribution < -0.4 is 9.47 Å². The average Bonchev–Trinajstić information content (AvgIpc) is 2.67. The molecule has 3 nitrogen and oxygen atoms in total. The van der Waals surface area contributed by atoms with Gasteiger partial charge in [0.05, 0.1) is 14.2 Å². The van der Waals surface area contributed by atoms with Gasteiger partial charge in [-0.1, -0.05) is 30.3 Å². The van der Waals surface area contributed by atoms with Gasteiger partial charge in [-0.15, -0.1) is 0 Å². The van der Waals surface area contributed by atoms with E-state index in [1.54, 1.807) is 14.2 Å². The fraction of sp³-hybridized carbons (Fsp3) is 0.429. The average molecular weight is 323 g/mol. The number of ether oxygens (including phenoxy) is 2. The lowest BCUT2D eigenvalue weighted by Crippen LogP contribution is -2.40. The van der Waals surface area contributed by atoms with Crippen molar-refractivity contribution in [3.05, 3.63) is 59.2 Å². The highest BCUT2D eigenvalue weighted by atomic mass is 16.5. The molecule has 0 radical (unpaired) electrons. The standard InChI is InChI=1S/C21H25NO2/c1-23-20-13-17-9-11-22-10-8-16(15-6-4-3-5-7-15)12-19(22)18(17)14-21(20)24-2/h3-7,13-14,16,19H,8-12H2,1-2H3/t16-,19+/m1/s1. The van der Waals surface area contributed by atoms with Crippen molar-refractivity contribution in [3.8, 4) is 11.5 Å². The normalized spacial score (nSPS) is 23.2. The highest BCUT2D eigenvalue weighted by Crippen LogP contribution is 2.45. The van der Waals surface area contributed by atoms with Gasteiger partial charge in [-0.25, -0.2) is 0 Å². The van der Waals surface area contributed by atoms with Crippen LogP contribution in [-0.2, 0) is 6.42 Å². The Morgan fingerprint density at radius 3 is 2.46 bits per heavy atom. The molecule has 1 saturated heterocycles. The molecule has 2 aromatic carbocycles. The molecule has 4 rings (SSSR count). The number of nitrogens with zero attached hydrogens (tertiary/aromatic N) is 1. The van der Waals surface area contributed by atoms with E-state index < -0.39 is 0 Å². The highest BCUT2D eigenvalue weighted by Gasteiger charge is 2.34. The van der Waals surface area contributed by atoms with Crippen molar-refractivity contribution in [1.82, 2.24) is 4.90 Å². The van der Waals surface area contributed by atoms with Crippen molar-refractivity contribution >= 4 is 0 Å². The van der Waals surface area contributed by atoms with Gasteiger partial charge in [-0.05, 0) is 60.5 Å². The van der Waals surface area contributed by atoms with Crippen LogP contribution in [0.4, 0.5) is 0 Å². The Balaban J connectivity index is 1.67. The van der Waals surface area contributed by atoms with Crippen molar-refractivity contribution in [2.24, 2.45) is 0 Å². The maximum Gasteiger partial charge on any atom is 0.161 e. The Kier molecular flexibility index (Phi) is 4.19. The first-order chi connectivity index (χ1) is 11.8. The molecule has 2 heterocycles. The van der Waals surface area contributed by atoms with Gasteiger partial charge < -0.3 is 9.47 Å². The molecule has 2 atom stereocenters. The number of rotatable bonds is 3. The molecule has 0 aromatic heterocycles. The van der Waals surface area contributed by atoms with E-state index in [1.165, 1.54) is 36.1 Å². The van der Waals surface area contributed by atoms with E-state index in [0.29, 0.717) is 12.0 Å². The molecule has 2 aliphatic heterocycles. The third-order valence-corrected chi connectivity index (χ3v) is 5.66. The lowest BCUT2D eigenvalue weighted by molar-refractivity contribution is 0.125. The molecule has 0 saturated carbocycles. The Morgan fingerprint density at radius 1 is 0.958 bits per heavy atom. The van der Waals surface area contributed by atoms with Crippen LogP contribution in [0.5, 0.6) is 11.5 Å². The Labute approximate surface area is 144 Å². The largest absolute Gasteiger partial charge is 0.493 e. The smallest absolute Gasteiger partial charge is 0.161 e. The van der Waals surface area contributed by atoms with E-state index in [4.69, 9.17) is 9.47 Å². The summed E-state index contributed by atoms with van der Waals surface area (Å²) in [6.45, 7) is 2.33. The Morgan fingerprint density at radius 2 is 1.71 bits per heavy atom. The van der Waals surface area contributed by atoms with Crippen molar-refractivity contribution < 1.29 is 9.47 Å². The van der Waals surface area contributed by atoms with Crippen LogP contribution in [0, 0.1) is 0 Å².